The van der Waals surface area contributed by atoms with E-state index in [1.807, 2.05) is 10.9 Å². The molecule has 0 unspecified atom stereocenters. The van der Waals surface area contributed by atoms with Crippen LogP contribution in [0.3, 0.4) is 0 Å². The van der Waals surface area contributed by atoms with Crippen LogP contribution in [0.2, 0.25) is 0 Å². The first-order valence-corrected chi connectivity index (χ1v) is 8.17. The Morgan fingerprint density at radius 3 is 3.00 bits per heavy atom. The van der Waals surface area contributed by atoms with Gasteiger partial charge < -0.3 is 4.90 Å². The van der Waals surface area contributed by atoms with E-state index < -0.39 is 0 Å². The summed E-state index contributed by atoms with van der Waals surface area (Å²) in [4.78, 5) is 14.7. The Labute approximate surface area is 126 Å². The Morgan fingerprint density at radius 2 is 2.29 bits per heavy atom. The predicted molar refractivity (Wildman–Crippen MR) is 82.8 cm³/mol. The number of piperidine rings is 1. The third-order valence-electron chi connectivity index (χ3n) is 4.66. The van der Waals surface area contributed by atoms with Gasteiger partial charge in [-0.25, -0.2) is 0 Å². The molecule has 21 heavy (non-hydrogen) atoms. The molecule has 2 heterocycles. The van der Waals surface area contributed by atoms with Gasteiger partial charge in [0.25, 0.3) is 0 Å². The van der Waals surface area contributed by atoms with Crippen molar-refractivity contribution < 1.29 is 4.79 Å². The van der Waals surface area contributed by atoms with Gasteiger partial charge in [-0.15, -0.1) is 0 Å². The zero-order valence-electron chi connectivity index (χ0n) is 12.9. The van der Waals surface area contributed by atoms with E-state index in [9.17, 15) is 4.79 Å². The van der Waals surface area contributed by atoms with Crippen LogP contribution in [-0.4, -0.2) is 33.2 Å². The zero-order valence-corrected chi connectivity index (χ0v) is 12.9. The fraction of sp³-hybridized carbons (Fsp3) is 0.647. The number of likely N-dealkylation sites (tertiary alicyclic amines) is 1. The molecule has 1 aromatic rings. The van der Waals surface area contributed by atoms with Crippen LogP contribution in [0.5, 0.6) is 0 Å². The first-order valence-electron chi connectivity index (χ1n) is 8.17. The van der Waals surface area contributed by atoms with Crippen LogP contribution >= 0.6 is 0 Å². The van der Waals surface area contributed by atoms with E-state index in [0.29, 0.717) is 24.3 Å². The molecule has 0 bridgehead atoms. The number of carbonyl (C=O) groups is 1. The molecule has 1 amide bonds. The molecule has 1 aliphatic heterocycles. The summed E-state index contributed by atoms with van der Waals surface area (Å²) >= 11 is 0. The lowest BCUT2D eigenvalue weighted by Gasteiger charge is -2.36. The highest BCUT2D eigenvalue weighted by Gasteiger charge is 2.28. The monoisotopic (exact) mass is 287 g/mol. The van der Waals surface area contributed by atoms with Gasteiger partial charge in [0.1, 0.15) is 0 Å². The van der Waals surface area contributed by atoms with Crippen LogP contribution in [0, 0.1) is 12.8 Å². The maximum absolute atomic E-state index is 12.6. The molecule has 0 spiro atoms. The number of amides is 1. The van der Waals surface area contributed by atoms with Gasteiger partial charge in [-0.3, -0.25) is 9.48 Å². The number of aromatic nitrogens is 2. The van der Waals surface area contributed by atoms with E-state index in [4.69, 9.17) is 0 Å². The molecule has 4 heteroatoms. The SMILES string of the molecule is Cc1cnn(C[C@@H]2CCCCN2C(=O)C[C@@H]2C=CCC2)c1. The van der Waals surface area contributed by atoms with Crippen molar-refractivity contribution in [1.82, 2.24) is 14.7 Å². The van der Waals surface area contributed by atoms with Crippen LogP contribution < -0.4 is 0 Å². The molecule has 114 valence electrons. The van der Waals surface area contributed by atoms with Crippen molar-refractivity contribution in [1.29, 1.82) is 0 Å². The minimum atomic E-state index is 0.316. The van der Waals surface area contributed by atoms with E-state index in [0.717, 1.165) is 38.8 Å². The van der Waals surface area contributed by atoms with Crippen molar-refractivity contribution in [3.05, 3.63) is 30.1 Å². The molecular formula is C17H25N3O. The van der Waals surface area contributed by atoms with E-state index >= 15 is 0 Å². The maximum atomic E-state index is 12.6. The van der Waals surface area contributed by atoms with Gasteiger partial charge in [0, 0.05) is 19.2 Å². The second kappa shape index (κ2) is 6.46. The van der Waals surface area contributed by atoms with Crippen LogP contribution in [0.1, 0.15) is 44.1 Å². The molecule has 0 aromatic carbocycles. The van der Waals surface area contributed by atoms with Crippen LogP contribution in [-0.2, 0) is 11.3 Å². The molecule has 0 N–H and O–H groups in total. The van der Waals surface area contributed by atoms with Crippen molar-refractivity contribution in [2.75, 3.05) is 6.54 Å². The number of hydrogen-bond acceptors (Lipinski definition) is 2. The van der Waals surface area contributed by atoms with Gasteiger partial charge >= 0.3 is 0 Å². The molecule has 1 aromatic heterocycles. The number of aryl methyl sites for hydroxylation is 1. The number of allylic oxidation sites excluding steroid dienone is 2. The van der Waals surface area contributed by atoms with Crippen molar-refractivity contribution >= 4 is 5.91 Å². The fourth-order valence-electron chi connectivity index (χ4n) is 3.51. The lowest BCUT2D eigenvalue weighted by atomic mass is 9.98. The molecule has 3 rings (SSSR count). The van der Waals surface area contributed by atoms with Gasteiger partial charge in [0.15, 0.2) is 0 Å². The van der Waals surface area contributed by atoms with Gasteiger partial charge in [0.05, 0.1) is 18.8 Å². The van der Waals surface area contributed by atoms with E-state index in [1.165, 1.54) is 12.0 Å². The summed E-state index contributed by atoms with van der Waals surface area (Å²) < 4.78 is 1.99. The van der Waals surface area contributed by atoms with Crippen LogP contribution in [0.25, 0.3) is 0 Å². The van der Waals surface area contributed by atoms with Gasteiger partial charge in [-0.1, -0.05) is 12.2 Å². The Balaban J connectivity index is 1.62. The minimum absolute atomic E-state index is 0.316. The maximum Gasteiger partial charge on any atom is 0.223 e. The minimum Gasteiger partial charge on any atom is -0.338 e. The van der Waals surface area contributed by atoms with Crippen molar-refractivity contribution in [2.45, 2.75) is 58.0 Å². The smallest absolute Gasteiger partial charge is 0.223 e. The highest BCUT2D eigenvalue weighted by Crippen LogP contribution is 2.25. The molecule has 0 saturated carbocycles. The van der Waals surface area contributed by atoms with E-state index in [1.54, 1.807) is 0 Å². The number of nitrogens with zero attached hydrogens (tertiary/aromatic N) is 3. The van der Waals surface area contributed by atoms with Crippen LogP contribution in [0.15, 0.2) is 24.5 Å². The molecule has 1 fully saturated rings. The highest BCUT2D eigenvalue weighted by atomic mass is 16.2. The molecule has 4 nitrogen and oxygen atoms in total. The third kappa shape index (κ3) is 3.55. The largest absolute Gasteiger partial charge is 0.338 e. The Hall–Kier alpha value is -1.58. The van der Waals surface area contributed by atoms with Gasteiger partial charge in [-0.2, -0.15) is 5.10 Å². The topological polar surface area (TPSA) is 38.1 Å². The quantitative estimate of drug-likeness (QED) is 0.799. The van der Waals surface area contributed by atoms with Crippen molar-refractivity contribution in [3.8, 4) is 0 Å². The van der Waals surface area contributed by atoms with Gasteiger partial charge in [0.2, 0.25) is 5.91 Å². The summed E-state index contributed by atoms with van der Waals surface area (Å²) in [5.41, 5.74) is 1.18. The first kappa shape index (κ1) is 14.4. The highest BCUT2D eigenvalue weighted by molar-refractivity contribution is 5.77. The first-order chi connectivity index (χ1) is 10.2. The second-order valence-electron chi connectivity index (χ2n) is 6.45. The van der Waals surface area contributed by atoms with E-state index in [2.05, 4.69) is 35.3 Å². The normalized spacial score (nSPS) is 25.5. The summed E-state index contributed by atoms with van der Waals surface area (Å²) in [6.07, 6.45) is 14.8. The lowest BCUT2D eigenvalue weighted by molar-refractivity contribution is -0.136. The second-order valence-corrected chi connectivity index (χ2v) is 6.45. The summed E-state index contributed by atoms with van der Waals surface area (Å²) in [7, 11) is 0. The predicted octanol–water partition coefficient (Wildman–Crippen LogP) is 2.93. The standard InChI is InChI=1S/C17H25N3O/c1-14-11-18-19(12-14)13-16-8-4-5-9-20(16)17(21)10-15-6-2-3-7-15/h2,6,11-12,15-16H,3-5,7-10,13H2,1H3/t15-,16+/m1/s1. The summed E-state index contributed by atoms with van der Waals surface area (Å²) in [6, 6.07) is 0.316. The number of rotatable bonds is 4. The third-order valence-corrected chi connectivity index (χ3v) is 4.66. The average Bonchev–Trinajstić information content (AvgIpc) is 3.11. The Morgan fingerprint density at radius 1 is 1.38 bits per heavy atom. The van der Waals surface area contributed by atoms with E-state index in [-0.39, 0.29) is 0 Å². The molecule has 2 atom stereocenters. The van der Waals surface area contributed by atoms with Crippen molar-refractivity contribution in [2.24, 2.45) is 5.92 Å². The van der Waals surface area contributed by atoms with Crippen LogP contribution in [0.4, 0.5) is 0 Å². The summed E-state index contributed by atoms with van der Waals surface area (Å²) in [5.74, 6) is 0.798. The molecule has 2 aliphatic rings. The zero-order chi connectivity index (χ0) is 14.7. The Kier molecular flexibility index (Phi) is 4.42. The summed E-state index contributed by atoms with van der Waals surface area (Å²) in [5, 5.41) is 4.37. The average molecular weight is 287 g/mol. The fourth-order valence-corrected chi connectivity index (χ4v) is 3.51. The van der Waals surface area contributed by atoms with Crippen molar-refractivity contribution in [3.63, 3.8) is 0 Å². The molecule has 0 radical (unpaired) electrons. The number of hydrogen-bond donors (Lipinski definition) is 0. The Bertz CT molecular complexity index is 520. The number of carbonyl (C=O) groups excluding carboxylic acids is 1. The molecule has 1 aliphatic carbocycles. The molecular weight excluding hydrogens is 262 g/mol. The van der Waals surface area contributed by atoms with Gasteiger partial charge in [-0.05, 0) is 50.5 Å². The summed E-state index contributed by atoms with van der Waals surface area (Å²) in [6.45, 7) is 3.81. The lowest BCUT2D eigenvalue weighted by Crippen LogP contribution is -2.46. The molecule has 1 saturated heterocycles.